The molecule has 1 unspecified atom stereocenters. The van der Waals surface area contributed by atoms with Crippen molar-refractivity contribution in [1.29, 1.82) is 0 Å². The summed E-state index contributed by atoms with van der Waals surface area (Å²) >= 11 is 0. The third-order valence-corrected chi connectivity index (χ3v) is 5.42. The molecule has 152 valence electrons. The summed E-state index contributed by atoms with van der Waals surface area (Å²) in [5.74, 6) is 0.771. The molecular formula is C22H26N4O3. The molecule has 1 aromatic heterocycles. The van der Waals surface area contributed by atoms with Crippen LogP contribution in [0, 0.1) is 0 Å². The number of benzene rings is 2. The molecular weight excluding hydrogens is 368 g/mol. The molecule has 0 saturated carbocycles. The quantitative estimate of drug-likeness (QED) is 0.616. The first kappa shape index (κ1) is 19.4. The van der Waals surface area contributed by atoms with Crippen molar-refractivity contribution < 1.29 is 15.3 Å². The van der Waals surface area contributed by atoms with Gasteiger partial charge in [-0.1, -0.05) is 37.1 Å². The summed E-state index contributed by atoms with van der Waals surface area (Å²) in [7, 11) is 0. The highest BCUT2D eigenvalue weighted by molar-refractivity contribution is 5.67. The zero-order chi connectivity index (χ0) is 20.5. The van der Waals surface area contributed by atoms with Gasteiger partial charge < -0.3 is 15.3 Å². The third-order valence-electron chi connectivity index (χ3n) is 5.42. The number of aliphatic hydroxyl groups excluding tert-OH is 1. The lowest BCUT2D eigenvalue weighted by molar-refractivity contribution is 0.175. The predicted octanol–water partition coefficient (Wildman–Crippen LogP) is 3.04. The average molecular weight is 394 g/mol. The fourth-order valence-electron chi connectivity index (χ4n) is 3.74. The van der Waals surface area contributed by atoms with Crippen LogP contribution in [0.1, 0.15) is 37.3 Å². The van der Waals surface area contributed by atoms with Crippen molar-refractivity contribution >= 4 is 0 Å². The molecule has 0 bridgehead atoms. The highest BCUT2D eigenvalue weighted by atomic mass is 16.3. The Bertz CT molecular complexity index is 998. The van der Waals surface area contributed by atoms with Gasteiger partial charge >= 0.3 is 6.01 Å². The van der Waals surface area contributed by atoms with E-state index in [0.29, 0.717) is 29.5 Å². The number of β-amino-alcohol motifs (C(OH)–C–C–N with tert-alkyl or cyclic N) is 1. The normalized spacial score (nSPS) is 17.3. The Labute approximate surface area is 169 Å². The molecule has 1 saturated heterocycles. The van der Waals surface area contributed by atoms with Gasteiger partial charge in [-0.15, -0.1) is 5.10 Å². The van der Waals surface area contributed by atoms with E-state index in [2.05, 4.69) is 28.9 Å². The minimum absolute atomic E-state index is 0.0901. The standard InChI is InChI=1S/C22H26N4O3/c1-14(2)16-5-8-20(28)19(11-16)21-23-24-22(29)26(21)17-6-3-15(4-7-17)12-25-10-9-18(27)13-25/h3-8,11,14,18,27-28H,9-10,12-13H2,1-2H3,(H,24,29). The Hall–Kier alpha value is -2.90. The molecule has 1 aliphatic rings. The summed E-state index contributed by atoms with van der Waals surface area (Å²) in [6.45, 7) is 6.52. The number of hydrogen-bond donors (Lipinski definition) is 3. The maximum absolute atomic E-state index is 10.4. The van der Waals surface area contributed by atoms with Crippen LogP contribution in [0.5, 0.6) is 11.8 Å². The van der Waals surface area contributed by atoms with Crippen molar-refractivity contribution in [1.82, 2.24) is 19.7 Å². The smallest absolute Gasteiger partial charge is 0.319 e. The second-order valence-electron chi connectivity index (χ2n) is 7.93. The zero-order valence-corrected chi connectivity index (χ0v) is 16.7. The number of hydrogen-bond acceptors (Lipinski definition) is 6. The molecule has 0 radical (unpaired) electrons. The first-order chi connectivity index (χ1) is 13.9. The molecule has 7 nitrogen and oxygen atoms in total. The van der Waals surface area contributed by atoms with Gasteiger partial charge in [0.15, 0.2) is 5.82 Å². The molecule has 2 aromatic carbocycles. The molecule has 3 aromatic rings. The third kappa shape index (κ3) is 3.97. The van der Waals surface area contributed by atoms with E-state index in [1.807, 2.05) is 36.4 Å². The van der Waals surface area contributed by atoms with Crippen LogP contribution in [0.15, 0.2) is 42.5 Å². The number of likely N-dealkylation sites (tertiary alicyclic amines) is 1. The van der Waals surface area contributed by atoms with Gasteiger partial charge in [0.1, 0.15) is 5.75 Å². The number of aliphatic hydroxyl groups is 1. The summed E-state index contributed by atoms with van der Waals surface area (Å²) in [5, 5.41) is 38.3. The fourth-order valence-corrected chi connectivity index (χ4v) is 3.74. The zero-order valence-electron chi connectivity index (χ0n) is 16.7. The van der Waals surface area contributed by atoms with Gasteiger partial charge in [-0.05, 0) is 47.7 Å². The van der Waals surface area contributed by atoms with Crippen LogP contribution in [0.4, 0.5) is 0 Å². The molecule has 4 rings (SSSR count). The van der Waals surface area contributed by atoms with E-state index in [1.165, 1.54) is 4.57 Å². The number of phenols is 1. The van der Waals surface area contributed by atoms with E-state index in [1.54, 1.807) is 6.07 Å². The Kier molecular flexibility index (Phi) is 5.25. The van der Waals surface area contributed by atoms with Gasteiger partial charge in [0.2, 0.25) is 0 Å². The predicted molar refractivity (Wildman–Crippen MR) is 110 cm³/mol. The Morgan fingerprint density at radius 1 is 1.07 bits per heavy atom. The Morgan fingerprint density at radius 2 is 1.83 bits per heavy atom. The number of aromatic hydroxyl groups is 2. The van der Waals surface area contributed by atoms with Crippen molar-refractivity contribution in [2.24, 2.45) is 0 Å². The van der Waals surface area contributed by atoms with Crippen molar-refractivity contribution in [3.8, 4) is 28.8 Å². The van der Waals surface area contributed by atoms with Crippen molar-refractivity contribution in [3.63, 3.8) is 0 Å². The number of aromatic nitrogens is 3. The van der Waals surface area contributed by atoms with Crippen LogP contribution >= 0.6 is 0 Å². The Morgan fingerprint density at radius 3 is 2.48 bits per heavy atom. The highest BCUT2D eigenvalue weighted by Crippen LogP contribution is 2.34. The van der Waals surface area contributed by atoms with Crippen LogP contribution in [-0.4, -0.2) is 54.2 Å². The van der Waals surface area contributed by atoms with E-state index in [4.69, 9.17) is 0 Å². The van der Waals surface area contributed by atoms with Gasteiger partial charge in [0.25, 0.3) is 0 Å². The van der Waals surface area contributed by atoms with E-state index in [-0.39, 0.29) is 17.9 Å². The SMILES string of the molecule is CC(C)c1ccc(O)c(-c2nnc(O)n2-c2ccc(CN3CCC(O)C3)cc2)c1. The average Bonchev–Trinajstić information content (AvgIpc) is 3.28. The highest BCUT2D eigenvalue weighted by Gasteiger charge is 2.21. The van der Waals surface area contributed by atoms with E-state index < -0.39 is 0 Å². The lowest BCUT2D eigenvalue weighted by Crippen LogP contribution is -2.21. The second kappa shape index (κ2) is 7.85. The molecule has 0 amide bonds. The summed E-state index contributed by atoms with van der Waals surface area (Å²) in [6, 6.07) is 13.0. The maximum Gasteiger partial charge on any atom is 0.319 e. The lowest BCUT2D eigenvalue weighted by Gasteiger charge is -2.16. The summed E-state index contributed by atoms with van der Waals surface area (Å²) < 4.78 is 1.53. The van der Waals surface area contributed by atoms with Crippen molar-refractivity contribution in [3.05, 3.63) is 53.6 Å². The van der Waals surface area contributed by atoms with Crippen LogP contribution in [0.25, 0.3) is 17.1 Å². The van der Waals surface area contributed by atoms with Gasteiger partial charge in [0, 0.05) is 19.6 Å². The van der Waals surface area contributed by atoms with Gasteiger partial charge in [-0.25, -0.2) is 4.57 Å². The van der Waals surface area contributed by atoms with Crippen LogP contribution in [0.3, 0.4) is 0 Å². The first-order valence-corrected chi connectivity index (χ1v) is 9.89. The molecule has 1 fully saturated rings. The van der Waals surface area contributed by atoms with Crippen LogP contribution in [-0.2, 0) is 6.54 Å². The van der Waals surface area contributed by atoms with Gasteiger partial charge in [-0.3, -0.25) is 4.90 Å². The minimum atomic E-state index is -0.236. The molecule has 29 heavy (non-hydrogen) atoms. The molecule has 2 heterocycles. The van der Waals surface area contributed by atoms with Crippen LogP contribution < -0.4 is 0 Å². The monoisotopic (exact) mass is 394 g/mol. The van der Waals surface area contributed by atoms with E-state index in [0.717, 1.165) is 30.6 Å². The second-order valence-corrected chi connectivity index (χ2v) is 7.93. The van der Waals surface area contributed by atoms with Crippen LogP contribution in [0.2, 0.25) is 0 Å². The minimum Gasteiger partial charge on any atom is -0.507 e. The summed E-state index contributed by atoms with van der Waals surface area (Å²) in [4.78, 5) is 2.22. The largest absolute Gasteiger partial charge is 0.507 e. The van der Waals surface area contributed by atoms with Gasteiger partial charge in [-0.2, -0.15) is 0 Å². The molecule has 1 atom stereocenters. The Balaban J connectivity index is 1.65. The topological polar surface area (TPSA) is 94.6 Å². The number of phenolic OH excluding ortho intramolecular Hbond substituents is 1. The van der Waals surface area contributed by atoms with E-state index >= 15 is 0 Å². The number of rotatable bonds is 5. The van der Waals surface area contributed by atoms with Gasteiger partial charge in [0.05, 0.1) is 17.4 Å². The number of nitrogens with zero attached hydrogens (tertiary/aromatic N) is 4. The molecule has 0 spiro atoms. The molecule has 3 N–H and O–H groups in total. The maximum atomic E-state index is 10.4. The molecule has 1 aliphatic heterocycles. The fraction of sp³-hybridized carbons (Fsp3) is 0.364. The van der Waals surface area contributed by atoms with Crippen molar-refractivity contribution in [2.75, 3.05) is 13.1 Å². The first-order valence-electron chi connectivity index (χ1n) is 9.89. The van der Waals surface area contributed by atoms with E-state index in [9.17, 15) is 15.3 Å². The molecule has 7 heteroatoms. The molecule has 0 aliphatic carbocycles. The lowest BCUT2D eigenvalue weighted by atomic mass is 10.00. The van der Waals surface area contributed by atoms with Crippen molar-refractivity contribution in [2.45, 2.75) is 38.8 Å². The summed E-state index contributed by atoms with van der Waals surface area (Å²) in [5.41, 5.74) is 3.43. The summed E-state index contributed by atoms with van der Waals surface area (Å²) in [6.07, 6.45) is 0.578.